The lowest BCUT2D eigenvalue weighted by molar-refractivity contribution is -0.130. The maximum absolute atomic E-state index is 12.3. The van der Waals surface area contributed by atoms with Gasteiger partial charge in [0.05, 0.1) is 17.1 Å². The molecule has 1 aliphatic heterocycles. The summed E-state index contributed by atoms with van der Waals surface area (Å²) in [5.74, 6) is 0.124. The van der Waals surface area contributed by atoms with E-state index in [1.165, 1.54) is 0 Å². The number of carbonyl (C=O) groups excluding carboxylic acids is 1. The molecule has 1 aromatic heterocycles. The lowest BCUT2D eigenvalue weighted by Crippen LogP contribution is -2.36. The van der Waals surface area contributed by atoms with E-state index < -0.39 is 0 Å². The van der Waals surface area contributed by atoms with Crippen LogP contribution in [0.4, 0.5) is 0 Å². The van der Waals surface area contributed by atoms with E-state index in [4.69, 9.17) is 4.74 Å². The molecular formula is C16H21N3O3. The summed E-state index contributed by atoms with van der Waals surface area (Å²) in [6.07, 6.45) is 2.73. The first-order chi connectivity index (χ1) is 10.7. The van der Waals surface area contributed by atoms with Crippen molar-refractivity contribution in [2.75, 3.05) is 6.61 Å². The van der Waals surface area contributed by atoms with Crippen molar-refractivity contribution in [1.82, 2.24) is 15.3 Å². The fourth-order valence-electron chi connectivity index (χ4n) is 2.93. The second-order valence-electron chi connectivity index (χ2n) is 5.80. The molecule has 6 nitrogen and oxygen atoms in total. The Balaban J connectivity index is 1.60. The van der Waals surface area contributed by atoms with Gasteiger partial charge in [-0.2, -0.15) is 0 Å². The highest BCUT2D eigenvalue weighted by Gasteiger charge is 2.26. The van der Waals surface area contributed by atoms with Crippen LogP contribution in [0.25, 0.3) is 11.0 Å². The molecule has 22 heavy (non-hydrogen) atoms. The third kappa shape index (κ3) is 3.22. The van der Waals surface area contributed by atoms with Gasteiger partial charge in [-0.3, -0.25) is 4.79 Å². The summed E-state index contributed by atoms with van der Waals surface area (Å²) in [4.78, 5) is 28.9. The van der Waals surface area contributed by atoms with E-state index in [0.29, 0.717) is 13.2 Å². The van der Waals surface area contributed by atoms with Gasteiger partial charge in [-0.05, 0) is 37.0 Å². The number of aromatic amines is 2. The Morgan fingerprint density at radius 1 is 1.36 bits per heavy atom. The zero-order valence-electron chi connectivity index (χ0n) is 12.6. The highest BCUT2D eigenvalue weighted by Crippen LogP contribution is 2.22. The van der Waals surface area contributed by atoms with Crippen molar-refractivity contribution < 1.29 is 9.53 Å². The summed E-state index contributed by atoms with van der Waals surface area (Å²) in [5.41, 5.74) is 2.28. The topological polar surface area (TPSA) is 87.0 Å². The van der Waals surface area contributed by atoms with E-state index in [-0.39, 0.29) is 23.6 Å². The molecule has 6 heteroatoms. The van der Waals surface area contributed by atoms with E-state index >= 15 is 0 Å². The normalized spacial score (nSPS) is 21.9. The van der Waals surface area contributed by atoms with E-state index in [2.05, 4.69) is 22.2 Å². The first-order valence-corrected chi connectivity index (χ1v) is 7.76. The van der Waals surface area contributed by atoms with Gasteiger partial charge in [-0.25, -0.2) is 4.79 Å². The number of amides is 1. The van der Waals surface area contributed by atoms with Gasteiger partial charge in [-0.15, -0.1) is 0 Å². The van der Waals surface area contributed by atoms with Crippen LogP contribution in [0.2, 0.25) is 0 Å². The molecule has 1 fully saturated rings. The second kappa shape index (κ2) is 6.36. The number of nitrogens with one attached hydrogen (secondary N) is 3. The Hall–Kier alpha value is -2.08. The maximum Gasteiger partial charge on any atom is 0.323 e. The number of hydrogen-bond donors (Lipinski definition) is 3. The van der Waals surface area contributed by atoms with Crippen LogP contribution in [-0.2, 0) is 16.1 Å². The standard InChI is InChI=1S/C16H21N3O3/c1-2-12-8-11(5-6-22-12)15(20)17-9-10-3-4-13-14(7-10)19-16(21)18-13/h3-4,7,11-12H,2,5-6,8-9H2,1H3,(H,17,20)(H2,18,19,21). The Morgan fingerprint density at radius 3 is 3.00 bits per heavy atom. The number of benzene rings is 1. The number of hydrogen-bond acceptors (Lipinski definition) is 3. The fraction of sp³-hybridized carbons (Fsp3) is 0.500. The van der Waals surface area contributed by atoms with E-state index in [1.807, 2.05) is 18.2 Å². The van der Waals surface area contributed by atoms with Crippen molar-refractivity contribution in [2.45, 2.75) is 38.8 Å². The van der Waals surface area contributed by atoms with Gasteiger partial charge in [0.2, 0.25) is 5.91 Å². The molecule has 0 bridgehead atoms. The van der Waals surface area contributed by atoms with Gasteiger partial charge in [0, 0.05) is 19.1 Å². The Labute approximate surface area is 128 Å². The molecule has 2 aromatic rings. The second-order valence-corrected chi connectivity index (χ2v) is 5.80. The zero-order chi connectivity index (χ0) is 15.5. The van der Waals surface area contributed by atoms with Gasteiger partial charge in [0.1, 0.15) is 0 Å². The number of aromatic nitrogens is 2. The molecule has 0 radical (unpaired) electrons. The molecule has 3 N–H and O–H groups in total. The van der Waals surface area contributed by atoms with Crippen LogP contribution in [0.1, 0.15) is 31.7 Å². The van der Waals surface area contributed by atoms with Gasteiger partial charge < -0.3 is 20.0 Å². The Bertz CT molecular complexity index is 719. The van der Waals surface area contributed by atoms with Gasteiger partial charge >= 0.3 is 5.69 Å². The molecule has 0 spiro atoms. The van der Waals surface area contributed by atoms with Crippen LogP contribution in [0.15, 0.2) is 23.0 Å². The van der Waals surface area contributed by atoms with Crippen LogP contribution >= 0.6 is 0 Å². The van der Waals surface area contributed by atoms with Crippen molar-refractivity contribution in [3.05, 3.63) is 34.2 Å². The molecule has 118 valence electrons. The Morgan fingerprint density at radius 2 is 2.18 bits per heavy atom. The zero-order valence-corrected chi connectivity index (χ0v) is 12.6. The molecule has 2 unspecified atom stereocenters. The van der Waals surface area contributed by atoms with Crippen LogP contribution in [0, 0.1) is 5.92 Å². The number of carbonyl (C=O) groups is 1. The average Bonchev–Trinajstić information content (AvgIpc) is 2.91. The third-order valence-electron chi connectivity index (χ3n) is 4.24. The molecule has 1 aromatic carbocycles. The van der Waals surface area contributed by atoms with Crippen molar-refractivity contribution in [2.24, 2.45) is 5.92 Å². The molecule has 0 saturated carbocycles. The summed E-state index contributed by atoms with van der Waals surface area (Å²) in [7, 11) is 0. The lowest BCUT2D eigenvalue weighted by atomic mass is 9.93. The van der Waals surface area contributed by atoms with Crippen LogP contribution < -0.4 is 11.0 Å². The molecule has 1 aliphatic rings. The molecule has 1 amide bonds. The number of rotatable bonds is 4. The van der Waals surface area contributed by atoms with E-state index in [9.17, 15) is 9.59 Å². The summed E-state index contributed by atoms with van der Waals surface area (Å²) < 4.78 is 5.60. The summed E-state index contributed by atoms with van der Waals surface area (Å²) in [6, 6.07) is 5.63. The highest BCUT2D eigenvalue weighted by molar-refractivity contribution is 5.79. The first-order valence-electron chi connectivity index (χ1n) is 7.76. The van der Waals surface area contributed by atoms with Gasteiger partial charge in [0.15, 0.2) is 0 Å². The monoisotopic (exact) mass is 303 g/mol. The SMILES string of the molecule is CCC1CC(C(=O)NCc2ccc3[nH]c(=O)[nH]c3c2)CCO1. The molecule has 0 aliphatic carbocycles. The number of fused-ring (bicyclic) bond motifs is 1. The number of H-pyrrole nitrogens is 2. The van der Waals surface area contributed by atoms with Crippen LogP contribution in [-0.4, -0.2) is 28.6 Å². The quantitative estimate of drug-likeness (QED) is 0.803. The van der Waals surface area contributed by atoms with Crippen molar-refractivity contribution in [3.63, 3.8) is 0 Å². The number of ether oxygens (including phenoxy) is 1. The lowest BCUT2D eigenvalue weighted by Gasteiger charge is -2.28. The molecule has 2 heterocycles. The van der Waals surface area contributed by atoms with Crippen LogP contribution in [0.5, 0.6) is 0 Å². The van der Waals surface area contributed by atoms with Crippen molar-refractivity contribution in [3.8, 4) is 0 Å². The van der Waals surface area contributed by atoms with Crippen molar-refractivity contribution >= 4 is 16.9 Å². The maximum atomic E-state index is 12.3. The van der Waals surface area contributed by atoms with E-state index in [1.54, 1.807) is 0 Å². The van der Waals surface area contributed by atoms with Gasteiger partial charge in [0.25, 0.3) is 0 Å². The van der Waals surface area contributed by atoms with Gasteiger partial charge in [-0.1, -0.05) is 13.0 Å². The molecular weight excluding hydrogens is 282 g/mol. The number of imidazole rings is 1. The molecule has 3 rings (SSSR count). The van der Waals surface area contributed by atoms with E-state index in [0.717, 1.165) is 35.9 Å². The largest absolute Gasteiger partial charge is 0.378 e. The molecule has 1 saturated heterocycles. The minimum Gasteiger partial charge on any atom is -0.378 e. The smallest absolute Gasteiger partial charge is 0.323 e. The summed E-state index contributed by atoms with van der Waals surface area (Å²) in [5, 5.41) is 2.99. The molecule has 2 atom stereocenters. The predicted molar refractivity (Wildman–Crippen MR) is 83.5 cm³/mol. The fourth-order valence-corrected chi connectivity index (χ4v) is 2.93. The summed E-state index contributed by atoms with van der Waals surface area (Å²) in [6.45, 7) is 3.21. The first kappa shape index (κ1) is 14.8. The minimum absolute atomic E-state index is 0.0366. The highest BCUT2D eigenvalue weighted by atomic mass is 16.5. The third-order valence-corrected chi connectivity index (χ3v) is 4.24. The predicted octanol–water partition coefficient (Wildman–Crippen LogP) is 1.68. The van der Waals surface area contributed by atoms with Crippen molar-refractivity contribution in [1.29, 1.82) is 0 Å². The minimum atomic E-state index is -0.219. The van der Waals surface area contributed by atoms with Crippen LogP contribution in [0.3, 0.4) is 0 Å². The Kier molecular flexibility index (Phi) is 4.29. The summed E-state index contributed by atoms with van der Waals surface area (Å²) >= 11 is 0. The average molecular weight is 303 g/mol.